The Morgan fingerprint density at radius 3 is 2.76 bits per heavy atom. The minimum Gasteiger partial charge on any atom is -0.454 e. The summed E-state index contributed by atoms with van der Waals surface area (Å²) in [6.07, 6.45) is 0. The van der Waals surface area contributed by atoms with Gasteiger partial charge in [-0.25, -0.2) is 0 Å². The van der Waals surface area contributed by atoms with Crippen LogP contribution in [0, 0.1) is 0 Å². The van der Waals surface area contributed by atoms with E-state index >= 15 is 0 Å². The van der Waals surface area contributed by atoms with E-state index in [1.165, 1.54) is 0 Å². The molecule has 6 nitrogen and oxygen atoms in total. The van der Waals surface area contributed by atoms with E-state index in [2.05, 4.69) is 10.4 Å². The lowest BCUT2D eigenvalue weighted by Crippen LogP contribution is -2.23. The van der Waals surface area contributed by atoms with Crippen LogP contribution in [0.1, 0.15) is 16.1 Å². The second-order valence-corrected chi connectivity index (χ2v) is 5.77. The predicted octanol–water partition coefficient (Wildman–Crippen LogP) is 2.75. The summed E-state index contributed by atoms with van der Waals surface area (Å²) in [6, 6.07) is 17.2. The zero-order valence-electron chi connectivity index (χ0n) is 13.7. The average Bonchev–Trinajstić information content (AvgIpc) is 3.26. The number of aromatic nitrogens is 2. The van der Waals surface area contributed by atoms with Crippen molar-refractivity contribution in [2.24, 2.45) is 7.05 Å². The summed E-state index contributed by atoms with van der Waals surface area (Å²) in [5.41, 5.74) is 3.18. The zero-order chi connectivity index (χ0) is 17.2. The molecule has 0 radical (unpaired) electrons. The molecule has 0 fully saturated rings. The highest BCUT2D eigenvalue weighted by molar-refractivity contribution is 5.93. The number of amides is 1. The Balaban J connectivity index is 1.52. The van der Waals surface area contributed by atoms with Gasteiger partial charge in [-0.3, -0.25) is 9.48 Å². The number of hydrogen-bond acceptors (Lipinski definition) is 4. The average molecular weight is 335 g/mol. The normalized spacial score (nSPS) is 12.2. The summed E-state index contributed by atoms with van der Waals surface area (Å²) >= 11 is 0. The molecule has 2 aromatic carbocycles. The summed E-state index contributed by atoms with van der Waals surface area (Å²) < 4.78 is 12.4. The van der Waals surface area contributed by atoms with Crippen molar-refractivity contribution in [2.45, 2.75) is 6.54 Å². The number of fused-ring (bicyclic) bond motifs is 1. The molecular formula is C19H17N3O3. The molecule has 0 saturated heterocycles. The van der Waals surface area contributed by atoms with E-state index in [0.29, 0.717) is 18.0 Å². The van der Waals surface area contributed by atoms with Crippen molar-refractivity contribution in [1.82, 2.24) is 15.1 Å². The molecule has 2 heterocycles. The monoisotopic (exact) mass is 335 g/mol. The first-order chi connectivity index (χ1) is 12.2. The SMILES string of the molecule is Cn1nc(C(=O)NCc2ccccc2)cc1-c1ccc2c(c1)OCO2. The van der Waals surface area contributed by atoms with Gasteiger partial charge in [-0.1, -0.05) is 30.3 Å². The number of nitrogens with one attached hydrogen (secondary N) is 1. The first kappa shape index (κ1) is 15.3. The van der Waals surface area contributed by atoms with Gasteiger partial charge in [-0.05, 0) is 29.8 Å². The highest BCUT2D eigenvalue weighted by atomic mass is 16.7. The number of aryl methyl sites for hydroxylation is 1. The van der Waals surface area contributed by atoms with Crippen molar-refractivity contribution < 1.29 is 14.3 Å². The number of hydrogen-bond donors (Lipinski definition) is 1. The summed E-state index contributed by atoms with van der Waals surface area (Å²) in [7, 11) is 1.81. The summed E-state index contributed by atoms with van der Waals surface area (Å²) in [5.74, 6) is 1.23. The minimum atomic E-state index is -0.202. The highest BCUT2D eigenvalue weighted by Crippen LogP contribution is 2.35. The van der Waals surface area contributed by atoms with E-state index in [9.17, 15) is 4.79 Å². The molecule has 0 spiro atoms. The predicted molar refractivity (Wildman–Crippen MR) is 92.4 cm³/mol. The van der Waals surface area contributed by atoms with Crippen LogP contribution in [0.4, 0.5) is 0 Å². The van der Waals surface area contributed by atoms with Crippen LogP contribution >= 0.6 is 0 Å². The second kappa shape index (κ2) is 6.32. The maximum absolute atomic E-state index is 12.4. The Morgan fingerprint density at radius 1 is 1.12 bits per heavy atom. The van der Waals surface area contributed by atoms with E-state index < -0.39 is 0 Å². The first-order valence-electron chi connectivity index (χ1n) is 7.97. The summed E-state index contributed by atoms with van der Waals surface area (Å²) in [5, 5.41) is 7.21. The van der Waals surface area contributed by atoms with Crippen LogP contribution in [0.2, 0.25) is 0 Å². The van der Waals surface area contributed by atoms with E-state index in [4.69, 9.17) is 9.47 Å². The molecule has 1 aromatic heterocycles. The molecule has 1 N–H and O–H groups in total. The second-order valence-electron chi connectivity index (χ2n) is 5.77. The van der Waals surface area contributed by atoms with Crippen LogP contribution in [-0.4, -0.2) is 22.5 Å². The van der Waals surface area contributed by atoms with Gasteiger partial charge in [0.1, 0.15) is 0 Å². The lowest BCUT2D eigenvalue weighted by atomic mass is 10.1. The molecule has 1 aliphatic rings. The lowest BCUT2D eigenvalue weighted by Gasteiger charge is -2.03. The quantitative estimate of drug-likeness (QED) is 0.796. The standard InChI is InChI=1S/C19H17N3O3/c1-22-16(14-7-8-17-18(9-14)25-12-24-17)10-15(21-22)19(23)20-11-13-5-3-2-4-6-13/h2-10H,11-12H2,1H3,(H,20,23). The topological polar surface area (TPSA) is 65.4 Å². The smallest absolute Gasteiger partial charge is 0.272 e. The number of rotatable bonds is 4. The fourth-order valence-electron chi connectivity index (χ4n) is 2.77. The molecule has 4 rings (SSSR count). The molecule has 0 saturated carbocycles. The van der Waals surface area contributed by atoms with Gasteiger partial charge in [0.05, 0.1) is 5.69 Å². The van der Waals surface area contributed by atoms with E-state index in [0.717, 1.165) is 22.6 Å². The van der Waals surface area contributed by atoms with Gasteiger partial charge in [0.15, 0.2) is 17.2 Å². The van der Waals surface area contributed by atoms with Gasteiger partial charge >= 0.3 is 0 Å². The van der Waals surface area contributed by atoms with Crippen LogP contribution in [0.3, 0.4) is 0 Å². The van der Waals surface area contributed by atoms with Gasteiger partial charge in [-0.2, -0.15) is 5.10 Å². The lowest BCUT2D eigenvalue weighted by molar-refractivity contribution is 0.0945. The number of carbonyl (C=O) groups is 1. The van der Waals surface area contributed by atoms with Crippen molar-refractivity contribution in [3.05, 3.63) is 65.9 Å². The molecule has 0 atom stereocenters. The van der Waals surface area contributed by atoms with E-state index in [1.807, 2.05) is 55.6 Å². The maximum atomic E-state index is 12.4. The first-order valence-corrected chi connectivity index (χ1v) is 7.97. The summed E-state index contributed by atoms with van der Waals surface area (Å²) in [6.45, 7) is 0.701. The van der Waals surface area contributed by atoms with Crippen molar-refractivity contribution in [3.8, 4) is 22.8 Å². The third-order valence-electron chi connectivity index (χ3n) is 4.08. The van der Waals surface area contributed by atoms with Crippen LogP contribution in [-0.2, 0) is 13.6 Å². The largest absolute Gasteiger partial charge is 0.454 e. The van der Waals surface area contributed by atoms with Crippen LogP contribution in [0.15, 0.2) is 54.6 Å². The van der Waals surface area contributed by atoms with Gasteiger partial charge < -0.3 is 14.8 Å². The number of carbonyl (C=O) groups excluding carboxylic acids is 1. The molecule has 0 unspecified atom stereocenters. The fourth-order valence-corrected chi connectivity index (χ4v) is 2.77. The Morgan fingerprint density at radius 2 is 1.92 bits per heavy atom. The third kappa shape index (κ3) is 3.06. The molecule has 25 heavy (non-hydrogen) atoms. The minimum absolute atomic E-state index is 0.202. The Labute approximate surface area is 145 Å². The molecule has 0 aliphatic carbocycles. The third-order valence-corrected chi connectivity index (χ3v) is 4.08. The van der Waals surface area contributed by atoms with Gasteiger partial charge in [0.2, 0.25) is 6.79 Å². The van der Waals surface area contributed by atoms with Gasteiger partial charge in [0, 0.05) is 19.2 Å². The van der Waals surface area contributed by atoms with E-state index in [-0.39, 0.29) is 12.7 Å². The summed E-state index contributed by atoms with van der Waals surface area (Å²) in [4.78, 5) is 12.4. The van der Waals surface area contributed by atoms with Crippen molar-refractivity contribution in [1.29, 1.82) is 0 Å². The zero-order valence-corrected chi connectivity index (χ0v) is 13.7. The van der Waals surface area contributed by atoms with Crippen LogP contribution in [0.5, 0.6) is 11.5 Å². The maximum Gasteiger partial charge on any atom is 0.272 e. The van der Waals surface area contributed by atoms with Crippen molar-refractivity contribution in [3.63, 3.8) is 0 Å². The van der Waals surface area contributed by atoms with Crippen molar-refractivity contribution >= 4 is 5.91 Å². The number of benzene rings is 2. The molecule has 1 amide bonds. The molecule has 0 bridgehead atoms. The molecule has 1 aliphatic heterocycles. The van der Waals surface area contributed by atoms with E-state index in [1.54, 1.807) is 10.7 Å². The number of ether oxygens (including phenoxy) is 2. The Kier molecular flexibility index (Phi) is 3.85. The molecule has 126 valence electrons. The fraction of sp³-hybridized carbons (Fsp3) is 0.158. The Bertz CT molecular complexity index is 919. The highest BCUT2D eigenvalue weighted by Gasteiger charge is 2.17. The van der Waals surface area contributed by atoms with Crippen LogP contribution in [0.25, 0.3) is 11.3 Å². The molecule has 6 heteroatoms. The molecule has 3 aromatic rings. The van der Waals surface area contributed by atoms with Crippen LogP contribution < -0.4 is 14.8 Å². The Hall–Kier alpha value is -3.28. The van der Waals surface area contributed by atoms with Crippen molar-refractivity contribution in [2.75, 3.05) is 6.79 Å². The number of nitrogens with zero attached hydrogens (tertiary/aromatic N) is 2. The molecular weight excluding hydrogens is 318 g/mol. The van der Waals surface area contributed by atoms with Gasteiger partial charge in [-0.15, -0.1) is 0 Å². The van der Waals surface area contributed by atoms with Gasteiger partial charge in [0.25, 0.3) is 5.91 Å².